The Hall–Kier alpha value is -2.22. The predicted molar refractivity (Wildman–Crippen MR) is 67.5 cm³/mol. The molecule has 0 saturated carbocycles. The lowest BCUT2D eigenvalue weighted by molar-refractivity contribution is 0.496. The van der Waals surface area contributed by atoms with Gasteiger partial charge in [-0.25, -0.2) is 13.2 Å². The highest BCUT2D eigenvalue weighted by Crippen LogP contribution is 2.23. The largest absolute Gasteiger partial charge is 0.389 e. The second kappa shape index (κ2) is 5.19. The van der Waals surface area contributed by atoms with Crippen LogP contribution in [0.5, 0.6) is 0 Å². The number of anilines is 2. The SMILES string of the molecule is NC(=S)c1ccnnc1Nc1cc(F)c(F)cc1F. The van der Waals surface area contributed by atoms with Crippen molar-refractivity contribution in [2.75, 3.05) is 5.32 Å². The summed E-state index contributed by atoms with van der Waals surface area (Å²) in [6, 6.07) is 2.56. The van der Waals surface area contributed by atoms with Gasteiger partial charge in [0, 0.05) is 12.1 Å². The van der Waals surface area contributed by atoms with Crippen LogP contribution < -0.4 is 11.1 Å². The minimum absolute atomic E-state index is 0.0143. The summed E-state index contributed by atoms with van der Waals surface area (Å²) in [7, 11) is 0. The van der Waals surface area contributed by atoms with Crippen LogP contribution in [0.25, 0.3) is 0 Å². The molecular weight excluding hydrogens is 277 g/mol. The molecule has 1 aromatic carbocycles. The van der Waals surface area contributed by atoms with E-state index in [1.54, 1.807) is 0 Å². The molecule has 0 bridgehead atoms. The molecular formula is C11H7F3N4S. The Morgan fingerprint density at radius 1 is 1.16 bits per heavy atom. The average molecular weight is 284 g/mol. The summed E-state index contributed by atoms with van der Waals surface area (Å²) in [6.45, 7) is 0. The van der Waals surface area contributed by atoms with E-state index in [1.807, 2.05) is 0 Å². The minimum Gasteiger partial charge on any atom is -0.389 e. The van der Waals surface area contributed by atoms with Crippen LogP contribution in [0.4, 0.5) is 24.7 Å². The summed E-state index contributed by atoms with van der Waals surface area (Å²) in [5.74, 6) is -3.39. The van der Waals surface area contributed by atoms with Crippen molar-refractivity contribution in [1.29, 1.82) is 0 Å². The van der Waals surface area contributed by atoms with Gasteiger partial charge in [-0.1, -0.05) is 12.2 Å². The Morgan fingerprint density at radius 2 is 1.84 bits per heavy atom. The van der Waals surface area contributed by atoms with Crippen LogP contribution in [-0.4, -0.2) is 15.2 Å². The molecule has 0 radical (unpaired) electrons. The Morgan fingerprint density at radius 3 is 2.53 bits per heavy atom. The lowest BCUT2D eigenvalue weighted by Crippen LogP contribution is -2.13. The second-order valence-corrected chi connectivity index (χ2v) is 3.97. The molecule has 0 aliphatic heterocycles. The highest BCUT2D eigenvalue weighted by atomic mass is 32.1. The average Bonchev–Trinajstić information content (AvgIpc) is 2.36. The molecule has 1 aromatic heterocycles. The second-order valence-electron chi connectivity index (χ2n) is 3.53. The third-order valence-corrected chi connectivity index (χ3v) is 2.47. The summed E-state index contributed by atoms with van der Waals surface area (Å²) in [5.41, 5.74) is 5.48. The highest BCUT2D eigenvalue weighted by Gasteiger charge is 2.13. The van der Waals surface area contributed by atoms with Crippen LogP contribution in [0.15, 0.2) is 24.4 Å². The van der Waals surface area contributed by atoms with E-state index in [9.17, 15) is 13.2 Å². The van der Waals surface area contributed by atoms with Crippen molar-refractivity contribution in [3.05, 3.63) is 47.4 Å². The first kappa shape index (κ1) is 13.2. The minimum atomic E-state index is -1.28. The third-order valence-electron chi connectivity index (χ3n) is 2.25. The maximum atomic E-state index is 13.5. The molecule has 0 fully saturated rings. The number of nitrogens with two attached hydrogens (primary N) is 1. The molecule has 8 heteroatoms. The Balaban J connectivity index is 2.42. The predicted octanol–water partition coefficient (Wildman–Crippen LogP) is 2.27. The number of halogens is 3. The highest BCUT2D eigenvalue weighted by molar-refractivity contribution is 7.80. The third kappa shape index (κ3) is 2.79. The lowest BCUT2D eigenvalue weighted by Gasteiger charge is -2.10. The molecule has 0 saturated heterocycles. The van der Waals surface area contributed by atoms with E-state index in [1.165, 1.54) is 12.3 Å². The van der Waals surface area contributed by atoms with Crippen molar-refractivity contribution in [3.8, 4) is 0 Å². The summed E-state index contributed by atoms with van der Waals surface area (Å²) >= 11 is 4.79. The van der Waals surface area contributed by atoms with Crippen molar-refractivity contribution >= 4 is 28.7 Å². The summed E-state index contributed by atoms with van der Waals surface area (Å²) in [5, 5.41) is 9.72. The number of aromatic nitrogens is 2. The van der Waals surface area contributed by atoms with E-state index in [0.29, 0.717) is 17.7 Å². The number of benzene rings is 1. The van der Waals surface area contributed by atoms with Crippen LogP contribution in [0.3, 0.4) is 0 Å². The molecule has 0 amide bonds. The van der Waals surface area contributed by atoms with Gasteiger partial charge in [-0.15, -0.1) is 5.10 Å². The molecule has 0 aliphatic carbocycles. The van der Waals surface area contributed by atoms with Gasteiger partial charge in [0.1, 0.15) is 10.8 Å². The number of hydrogen-bond acceptors (Lipinski definition) is 4. The summed E-state index contributed by atoms with van der Waals surface area (Å²) in [6.07, 6.45) is 1.35. The number of hydrogen-bond donors (Lipinski definition) is 2. The first-order valence-corrected chi connectivity index (χ1v) is 5.43. The molecule has 19 heavy (non-hydrogen) atoms. The molecule has 0 spiro atoms. The van der Waals surface area contributed by atoms with E-state index >= 15 is 0 Å². The Labute approximate surface area is 111 Å². The van der Waals surface area contributed by atoms with Gasteiger partial charge < -0.3 is 11.1 Å². The van der Waals surface area contributed by atoms with Crippen molar-refractivity contribution in [1.82, 2.24) is 10.2 Å². The van der Waals surface area contributed by atoms with Gasteiger partial charge in [-0.3, -0.25) is 0 Å². The van der Waals surface area contributed by atoms with Gasteiger partial charge in [0.25, 0.3) is 0 Å². The Kier molecular flexibility index (Phi) is 3.61. The molecule has 0 aliphatic rings. The van der Waals surface area contributed by atoms with Crippen LogP contribution in [0.1, 0.15) is 5.56 Å². The monoisotopic (exact) mass is 284 g/mol. The van der Waals surface area contributed by atoms with Gasteiger partial charge >= 0.3 is 0 Å². The first-order chi connectivity index (χ1) is 8.99. The van der Waals surface area contributed by atoms with Gasteiger partial charge in [-0.2, -0.15) is 5.10 Å². The molecule has 2 rings (SSSR count). The van der Waals surface area contributed by atoms with Crippen LogP contribution in [-0.2, 0) is 0 Å². The zero-order chi connectivity index (χ0) is 14.0. The zero-order valence-corrected chi connectivity index (χ0v) is 10.1. The van der Waals surface area contributed by atoms with Crippen molar-refractivity contribution in [3.63, 3.8) is 0 Å². The van der Waals surface area contributed by atoms with Crippen molar-refractivity contribution in [2.24, 2.45) is 5.73 Å². The van der Waals surface area contributed by atoms with Crippen LogP contribution in [0.2, 0.25) is 0 Å². The summed E-state index contributed by atoms with van der Waals surface area (Å²) < 4.78 is 39.3. The standard InChI is InChI=1S/C11H7F3N4S/c12-6-3-8(14)9(4-7(6)13)17-11-5(10(15)19)1-2-16-18-11/h1-4H,(H2,15,19)(H,17,18). The molecule has 98 valence electrons. The normalized spacial score (nSPS) is 10.3. The molecule has 4 nitrogen and oxygen atoms in total. The van der Waals surface area contributed by atoms with E-state index in [2.05, 4.69) is 15.5 Å². The number of nitrogens with zero attached hydrogens (tertiary/aromatic N) is 2. The molecule has 1 heterocycles. The molecule has 0 unspecified atom stereocenters. The molecule has 2 aromatic rings. The fourth-order valence-corrected chi connectivity index (χ4v) is 1.53. The number of nitrogens with one attached hydrogen (secondary N) is 1. The van der Waals surface area contributed by atoms with E-state index in [4.69, 9.17) is 18.0 Å². The topological polar surface area (TPSA) is 63.8 Å². The maximum Gasteiger partial charge on any atom is 0.163 e. The summed E-state index contributed by atoms with van der Waals surface area (Å²) in [4.78, 5) is 0.0143. The number of thiocarbonyl (C=S) groups is 1. The fraction of sp³-hybridized carbons (Fsp3) is 0. The van der Waals surface area contributed by atoms with Gasteiger partial charge in [0.05, 0.1) is 17.4 Å². The Bertz CT molecular complexity index is 648. The number of rotatable bonds is 3. The first-order valence-electron chi connectivity index (χ1n) is 5.02. The van der Waals surface area contributed by atoms with Gasteiger partial charge in [-0.05, 0) is 6.07 Å². The fourth-order valence-electron chi connectivity index (χ4n) is 1.37. The zero-order valence-electron chi connectivity index (χ0n) is 9.32. The van der Waals surface area contributed by atoms with E-state index < -0.39 is 17.5 Å². The molecule has 0 atom stereocenters. The van der Waals surface area contributed by atoms with E-state index in [-0.39, 0.29) is 16.5 Å². The van der Waals surface area contributed by atoms with E-state index in [0.717, 1.165) is 0 Å². The lowest BCUT2D eigenvalue weighted by atomic mass is 10.2. The van der Waals surface area contributed by atoms with Crippen LogP contribution in [0, 0.1) is 17.5 Å². The quantitative estimate of drug-likeness (QED) is 0.668. The molecule has 3 N–H and O–H groups in total. The van der Waals surface area contributed by atoms with Gasteiger partial charge in [0.15, 0.2) is 17.5 Å². The van der Waals surface area contributed by atoms with Crippen molar-refractivity contribution in [2.45, 2.75) is 0 Å². The van der Waals surface area contributed by atoms with Crippen LogP contribution >= 0.6 is 12.2 Å². The van der Waals surface area contributed by atoms with Gasteiger partial charge in [0.2, 0.25) is 0 Å². The van der Waals surface area contributed by atoms with Crippen molar-refractivity contribution < 1.29 is 13.2 Å². The maximum absolute atomic E-state index is 13.5. The smallest absolute Gasteiger partial charge is 0.163 e.